The van der Waals surface area contributed by atoms with Crippen molar-refractivity contribution in [2.45, 2.75) is 31.0 Å². The molecule has 148 valence electrons. The normalized spacial score (nSPS) is 20.2. The molecular formula is C21H26N4O3. The molecule has 0 bridgehead atoms. The number of likely N-dealkylation sites (N-methyl/N-ethyl adjacent to an activating group) is 1. The van der Waals surface area contributed by atoms with E-state index in [2.05, 4.69) is 11.2 Å². The number of ether oxygens (including phenoxy) is 1. The van der Waals surface area contributed by atoms with Gasteiger partial charge in [-0.25, -0.2) is 0 Å². The van der Waals surface area contributed by atoms with Gasteiger partial charge < -0.3 is 14.5 Å². The van der Waals surface area contributed by atoms with Crippen LogP contribution in [0.5, 0.6) is 0 Å². The number of hydrogen-bond donors (Lipinski definition) is 0. The minimum atomic E-state index is -0.568. The van der Waals surface area contributed by atoms with E-state index in [-0.39, 0.29) is 11.8 Å². The van der Waals surface area contributed by atoms with Gasteiger partial charge in [-0.15, -0.1) is 0 Å². The second kappa shape index (κ2) is 7.05. The van der Waals surface area contributed by atoms with Gasteiger partial charge in [0.25, 0.3) is 5.91 Å². The van der Waals surface area contributed by atoms with Gasteiger partial charge in [0.2, 0.25) is 5.91 Å². The molecule has 2 amide bonds. The highest BCUT2D eigenvalue weighted by Crippen LogP contribution is 2.49. The van der Waals surface area contributed by atoms with Crippen LogP contribution in [-0.2, 0) is 33.4 Å². The number of aromatic nitrogens is 2. The highest BCUT2D eigenvalue weighted by Gasteiger charge is 2.49. The summed E-state index contributed by atoms with van der Waals surface area (Å²) in [6.07, 6.45) is 2.97. The first-order valence-electron chi connectivity index (χ1n) is 9.64. The summed E-state index contributed by atoms with van der Waals surface area (Å²) < 4.78 is 8.10. The monoisotopic (exact) mass is 382 g/mol. The molecule has 0 aliphatic carbocycles. The Kier molecular flexibility index (Phi) is 4.71. The van der Waals surface area contributed by atoms with Crippen LogP contribution in [0.1, 0.15) is 35.8 Å². The van der Waals surface area contributed by atoms with Crippen LogP contribution in [0, 0.1) is 0 Å². The molecule has 3 heterocycles. The predicted molar refractivity (Wildman–Crippen MR) is 103 cm³/mol. The third kappa shape index (κ3) is 3.20. The quantitative estimate of drug-likeness (QED) is 0.809. The minimum Gasteiger partial charge on any atom is -0.352 e. The van der Waals surface area contributed by atoms with Crippen molar-refractivity contribution < 1.29 is 14.3 Å². The average molecular weight is 382 g/mol. The van der Waals surface area contributed by atoms with Gasteiger partial charge in [0.1, 0.15) is 0 Å². The number of carbonyl (C=O) groups is 2. The third-order valence-electron chi connectivity index (χ3n) is 5.77. The number of benzene rings is 1. The maximum atomic E-state index is 12.7. The Morgan fingerprint density at radius 1 is 1.21 bits per heavy atom. The molecule has 7 heteroatoms. The van der Waals surface area contributed by atoms with Crippen LogP contribution >= 0.6 is 0 Å². The van der Waals surface area contributed by atoms with Crippen molar-refractivity contribution in [1.29, 1.82) is 0 Å². The molecule has 4 rings (SSSR count). The van der Waals surface area contributed by atoms with Gasteiger partial charge in [0, 0.05) is 40.4 Å². The van der Waals surface area contributed by atoms with E-state index in [0.717, 1.165) is 16.8 Å². The van der Waals surface area contributed by atoms with Crippen molar-refractivity contribution in [3.8, 4) is 0 Å². The first-order chi connectivity index (χ1) is 13.4. The Balaban J connectivity index is 1.49. The molecular weight excluding hydrogens is 356 g/mol. The van der Waals surface area contributed by atoms with E-state index in [1.54, 1.807) is 23.7 Å². The summed E-state index contributed by atoms with van der Waals surface area (Å²) in [5.41, 5.74) is 2.34. The SMILES string of the molecule is CN(C)C(=O)C1OC2(CCN(C(=O)Cc3ccn(C)n3)CC2)c2ccccc21. The topological polar surface area (TPSA) is 67.7 Å². The molecule has 1 unspecified atom stereocenters. The zero-order valence-electron chi connectivity index (χ0n) is 16.6. The van der Waals surface area contributed by atoms with Gasteiger partial charge in [0.15, 0.2) is 6.10 Å². The summed E-state index contributed by atoms with van der Waals surface area (Å²) in [5.74, 6) is 0.0405. The van der Waals surface area contributed by atoms with E-state index in [0.29, 0.717) is 32.4 Å². The van der Waals surface area contributed by atoms with Crippen molar-refractivity contribution in [3.63, 3.8) is 0 Å². The molecule has 1 aromatic carbocycles. The average Bonchev–Trinajstić information content (AvgIpc) is 3.23. The van der Waals surface area contributed by atoms with E-state index in [9.17, 15) is 9.59 Å². The van der Waals surface area contributed by atoms with E-state index in [4.69, 9.17) is 4.74 Å². The van der Waals surface area contributed by atoms with Gasteiger partial charge in [-0.1, -0.05) is 24.3 Å². The Hall–Kier alpha value is -2.67. The predicted octanol–water partition coefficient (Wildman–Crippen LogP) is 1.64. The van der Waals surface area contributed by atoms with Crippen LogP contribution in [0.3, 0.4) is 0 Å². The minimum absolute atomic E-state index is 0.0435. The number of nitrogens with zero attached hydrogens (tertiary/aromatic N) is 4. The third-order valence-corrected chi connectivity index (χ3v) is 5.77. The smallest absolute Gasteiger partial charge is 0.255 e. The van der Waals surface area contributed by atoms with Gasteiger partial charge in [0.05, 0.1) is 17.7 Å². The summed E-state index contributed by atoms with van der Waals surface area (Å²) in [5, 5.41) is 4.29. The molecule has 0 saturated carbocycles. The van der Waals surface area contributed by atoms with Crippen LogP contribution in [0.2, 0.25) is 0 Å². The zero-order chi connectivity index (χ0) is 19.9. The van der Waals surface area contributed by atoms with E-state index >= 15 is 0 Å². The summed E-state index contributed by atoms with van der Waals surface area (Å²) in [4.78, 5) is 28.8. The highest BCUT2D eigenvalue weighted by atomic mass is 16.5. The molecule has 2 aliphatic rings. The van der Waals surface area contributed by atoms with Gasteiger partial charge in [-0.05, 0) is 30.0 Å². The Bertz CT molecular complexity index is 897. The number of aryl methyl sites for hydroxylation is 1. The maximum Gasteiger partial charge on any atom is 0.255 e. The molecule has 7 nitrogen and oxygen atoms in total. The van der Waals surface area contributed by atoms with Gasteiger partial charge in [-0.2, -0.15) is 5.10 Å². The van der Waals surface area contributed by atoms with Crippen LogP contribution in [-0.4, -0.2) is 58.6 Å². The highest BCUT2D eigenvalue weighted by molar-refractivity contribution is 5.83. The number of carbonyl (C=O) groups excluding carboxylic acids is 2. The lowest BCUT2D eigenvalue weighted by atomic mass is 9.83. The molecule has 28 heavy (non-hydrogen) atoms. The maximum absolute atomic E-state index is 12.7. The van der Waals surface area contributed by atoms with Crippen LogP contribution in [0.4, 0.5) is 0 Å². The van der Waals surface area contributed by atoms with Crippen molar-refractivity contribution in [2.24, 2.45) is 7.05 Å². The lowest BCUT2D eigenvalue weighted by molar-refractivity contribution is -0.161. The number of piperidine rings is 1. The van der Waals surface area contributed by atoms with Crippen molar-refractivity contribution in [2.75, 3.05) is 27.2 Å². The fourth-order valence-electron chi connectivity index (χ4n) is 4.24. The fourth-order valence-corrected chi connectivity index (χ4v) is 4.24. The second-order valence-corrected chi connectivity index (χ2v) is 7.85. The Labute approximate surface area is 164 Å². The van der Waals surface area contributed by atoms with E-state index < -0.39 is 11.7 Å². The fraction of sp³-hybridized carbons (Fsp3) is 0.476. The number of fused-ring (bicyclic) bond motifs is 2. The summed E-state index contributed by atoms with van der Waals surface area (Å²) >= 11 is 0. The number of amides is 2. The van der Waals surface area contributed by atoms with Crippen molar-refractivity contribution in [1.82, 2.24) is 19.6 Å². The molecule has 1 atom stereocenters. The summed E-state index contributed by atoms with van der Waals surface area (Å²) in [6.45, 7) is 1.23. The standard InChI is InChI=1S/C21H26N4O3/c1-23(2)20(27)19-16-6-4-5-7-17(16)21(28-19)9-12-25(13-10-21)18(26)14-15-8-11-24(3)22-15/h4-8,11,19H,9-10,12-14H2,1-3H3. The van der Waals surface area contributed by atoms with Crippen molar-refractivity contribution >= 4 is 11.8 Å². The first-order valence-corrected chi connectivity index (χ1v) is 9.64. The molecule has 1 aromatic heterocycles. The molecule has 0 radical (unpaired) electrons. The van der Waals surface area contributed by atoms with E-state index in [1.807, 2.05) is 42.4 Å². The zero-order valence-corrected chi connectivity index (χ0v) is 16.6. The number of likely N-dealkylation sites (tertiary alicyclic amines) is 1. The van der Waals surface area contributed by atoms with Crippen LogP contribution < -0.4 is 0 Å². The largest absolute Gasteiger partial charge is 0.352 e. The Morgan fingerprint density at radius 2 is 1.93 bits per heavy atom. The molecule has 1 fully saturated rings. The van der Waals surface area contributed by atoms with E-state index in [1.165, 1.54) is 0 Å². The summed E-state index contributed by atoms with van der Waals surface area (Å²) in [7, 11) is 5.34. The number of hydrogen-bond acceptors (Lipinski definition) is 4. The lowest BCUT2D eigenvalue weighted by Crippen LogP contribution is -2.46. The number of rotatable bonds is 3. The molecule has 1 spiro atoms. The molecule has 2 aromatic rings. The van der Waals surface area contributed by atoms with Crippen molar-refractivity contribution in [3.05, 3.63) is 53.3 Å². The molecule has 2 aliphatic heterocycles. The molecule has 0 N–H and O–H groups in total. The lowest BCUT2D eigenvalue weighted by Gasteiger charge is -2.39. The first kappa shape index (κ1) is 18.7. The second-order valence-electron chi connectivity index (χ2n) is 7.85. The summed E-state index contributed by atoms with van der Waals surface area (Å²) in [6, 6.07) is 9.85. The van der Waals surface area contributed by atoms with Crippen LogP contribution in [0.15, 0.2) is 36.5 Å². The molecule has 1 saturated heterocycles. The van der Waals surface area contributed by atoms with Crippen LogP contribution in [0.25, 0.3) is 0 Å². The van der Waals surface area contributed by atoms with Gasteiger partial charge >= 0.3 is 0 Å². The Morgan fingerprint density at radius 3 is 2.57 bits per heavy atom. The van der Waals surface area contributed by atoms with Gasteiger partial charge in [-0.3, -0.25) is 14.3 Å².